The van der Waals surface area contributed by atoms with Gasteiger partial charge in [0.2, 0.25) is 5.95 Å². The van der Waals surface area contributed by atoms with Gasteiger partial charge in [-0.3, -0.25) is 14.7 Å². The molecule has 0 bridgehead atoms. The summed E-state index contributed by atoms with van der Waals surface area (Å²) in [5, 5.41) is 5.96. The highest BCUT2D eigenvalue weighted by Gasteiger charge is 2.16. The number of esters is 1. The molecule has 0 radical (unpaired) electrons. The second-order valence-electron chi connectivity index (χ2n) is 5.97. The largest absolute Gasteiger partial charge is 0.497 e. The molecule has 0 spiro atoms. The number of fused-ring (bicyclic) bond motifs is 1. The number of hydrogen-bond donors (Lipinski definition) is 2. The summed E-state index contributed by atoms with van der Waals surface area (Å²) in [5.41, 5.74) is 1.15. The number of nitrogens with zero attached hydrogens (tertiary/aromatic N) is 3. The average Bonchev–Trinajstić information content (AvgIpc) is 3.11. The lowest BCUT2D eigenvalue weighted by Crippen LogP contribution is -2.24. The number of ether oxygens (including phenoxy) is 3. The minimum atomic E-state index is -0.509. The van der Waals surface area contributed by atoms with Crippen molar-refractivity contribution in [3.8, 4) is 11.5 Å². The molecule has 1 aromatic carbocycles. The van der Waals surface area contributed by atoms with E-state index in [9.17, 15) is 9.59 Å². The van der Waals surface area contributed by atoms with E-state index >= 15 is 0 Å². The smallest absolute Gasteiger partial charge is 0.310 e. The van der Waals surface area contributed by atoms with Crippen LogP contribution >= 0.6 is 0 Å². The molecule has 0 atom stereocenters. The van der Waals surface area contributed by atoms with E-state index in [4.69, 9.17) is 9.47 Å². The third-order valence-corrected chi connectivity index (χ3v) is 4.28. The van der Waals surface area contributed by atoms with Crippen LogP contribution in [0.3, 0.4) is 0 Å². The van der Waals surface area contributed by atoms with Crippen LogP contribution in [0.15, 0.2) is 23.0 Å². The second-order valence-corrected chi connectivity index (χ2v) is 5.97. The molecule has 3 rings (SSSR count). The molecule has 0 fully saturated rings. The van der Waals surface area contributed by atoms with Crippen LogP contribution in [0.4, 0.5) is 5.95 Å². The number of H-pyrrole nitrogens is 1. The molecule has 10 heteroatoms. The first-order valence-electron chi connectivity index (χ1n) is 8.46. The summed E-state index contributed by atoms with van der Waals surface area (Å²) in [4.78, 5) is 32.8. The highest BCUT2D eigenvalue weighted by atomic mass is 16.5. The Kier molecular flexibility index (Phi) is 5.48. The Morgan fingerprint density at radius 3 is 2.68 bits per heavy atom. The van der Waals surface area contributed by atoms with Crippen molar-refractivity contribution < 1.29 is 19.0 Å². The fourth-order valence-corrected chi connectivity index (χ4v) is 2.75. The van der Waals surface area contributed by atoms with E-state index in [0.29, 0.717) is 29.7 Å². The first-order chi connectivity index (χ1) is 13.5. The highest BCUT2D eigenvalue weighted by molar-refractivity contribution is 5.72. The topological polar surface area (TPSA) is 120 Å². The van der Waals surface area contributed by atoms with E-state index in [1.165, 1.54) is 11.6 Å². The predicted octanol–water partition coefficient (Wildman–Crippen LogP) is 1.07. The van der Waals surface area contributed by atoms with Gasteiger partial charge in [-0.15, -0.1) is 0 Å². The number of aryl methyl sites for hydroxylation is 1. The molecule has 148 valence electrons. The maximum absolute atomic E-state index is 12.7. The summed E-state index contributed by atoms with van der Waals surface area (Å²) in [6.07, 6.45) is -0.153. The molecule has 2 aromatic heterocycles. The number of carbonyl (C=O) groups is 1. The van der Waals surface area contributed by atoms with Gasteiger partial charge in [-0.1, -0.05) is 0 Å². The Bertz CT molecular complexity index is 1070. The lowest BCUT2D eigenvalue weighted by Gasteiger charge is -2.10. The van der Waals surface area contributed by atoms with Crippen LogP contribution in [-0.2, 0) is 22.5 Å². The molecule has 0 aliphatic heterocycles. The summed E-state index contributed by atoms with van der Waals surface area (Å²) in [7, 11) is 4.44. The van der Waals surface area contributed by atoms with Crippen molar-refractivity contribution >= 4 is 17.7 Å². The summed E-state index contributed by atoms with van der Waals surface area (Å²) in [5.74, 6) is 1.43. The highest BCUT2D eigenvalue weighted by Crippen LogP contribution is 2.24. The summed E-state index contributed by atoms with van der Waals surface area (Å²) in [6.45, 7) is 2.03. The van der Waals surface area contributed by atoms with Crippen LogP contribution in [0.5, 0.6) is 11.5 Å². The van der Waals surface area contributed by atoms with E-state index in [-0.39, 0.29) is 17.8 Å². The number of aromatic nitrogens is 4. The Morgan fingerprint density at radius 2 is 2.00 bits per heavy atom. The van der Waals surface area contributed by atoms with E-state index in [2.05, 4.69) is 25.1 Å². The number of rotatable bonds is 7. The van der Waals surface area contributed by atoms with Crippen molar-refractivity contribution in [2.24, 2.45) is 0 Å². The van der Waals surface area contributed by atoms with Gasteiger partial charge in [-0.05, 0) is 25.1 Å². The Morgan fingerprint density at radius 1 is 1.21 bits per heavy atom. The van der Waals surface area contributed by atoms with Crippen molar-refractivity contribution in [2.45, 2.75) is 19.9 Å². The van der Waals surface area contributed by atoms with Gasteiger partial charge in [0.15, 0.2) is 0 Å². The molecule has 0 saturated heterocycles. The molecule has 28 heavy (non-hydrogen) atoms. The normalized spacial score (nSPS) is 10.7. The maximum atomic E-state index is 12.7. The van der Waals surface area contributed by atoms with Crippen molar-refractivity contribution in [1.82, 2.24) is 19.6 Å². The number of anilines is 1. The molecule has 3 aromatic rings. The van der Waals surface area contributed by atoms with Gasteiger partial charge >= 0.3 is 5.97 Å². The monoisotopic (exact) mass is 387 g/mol. The first kappa shape index (κ1) is 19.2. The molecule has 10 nitrogen and oxygen atoms in total. The Hall–Kier alpha value is -3.56. The Balaban J connectivity index is 1.88. The Labute approximate surface area is 160 Å². The third kappa shape index (κ3) is 3.75. The SMILES string of the molecule is COC(=O)Cc1c(C)nc2nc(NCc3cc(OC)ccc3OC)[nH]n2c1=O. The van der Waals surface area contributed by atoms with Crippen molar-refractivity contribution in [3.63, 3.8) is 0 Å². The molecule has 0 aliphatic rings. The van der Waals surface area contributed by atoms with Crippen molar-refractivity contribution in [3.05, 3.63) is 45.4 Å². The van der Waals surface area contributed by atoms with E-state index < -0.39 is 11.5 Å². The van der Waals surface area contributed by atoms with Crippen LogP contribution < -0.4 is 20.3 Å². The van der Waals surface area contributed by atoms with Gasteiger partial charge in [-0.2, -0.15) is 9.50 Å². The number of aromatic amines is 1. The van der Waals surface area contributed by atoms with E-state index in [1.54, 1.807) is 27.2 Å². The zero-order valence-corrected chi connectivity index (χ0v) is 16.0. The molecular formula is C18H21N5O5. The minimum absolute atomic E-state index is 0.153. The molecule has 2 heterocycles. The van der Waals surface area contributed by atoms with Gasteiger partial charge in [0.05, 0.1) is 39.0 Å². The number of hydrogen-bond acceptors (Lipinski definition) is 8. The molecular weight excluding hydrogens is 366 g/mol. The first-order valence-corrected chi connectivity index (χ1v) is 8.46. The molecule has 0 amide bonds. The zero-order valence-electron chi connectivity index (χ0n) is 16.0. The molecule has 2 N–H and O–H groups in total. The van der Waals surface area contributed by atoms with Crippen LogP contribution in [0.1, 0.15) is 16.8 Å². The maximum Gasteiger partial charge on any atom is 0.310 e. The molecule has 0 saturated carbocycles. The van der Waals surface area contributed by atoms with Crippen molar-refractivity contribution in [2.75, 3.05) is 26.6 Å². The fourth-order valence-electron chi connectivity index (χ4n) is 2.75. The van der Waals surface area contributed by atoms with Gasteiger partial charge < -0.3 is 19.5 Å². The van der Waals surface area contributed by atoms with Gasteiger partial charge in [0.1, 0.15) is 11.5 Å². The zero-order chi connectivity index (χ0) is 20.3. The van der Waals surface area contributed by atoms with E-state index in [0.717, 1.165) is 5.56 Å². The third-order valence-electron chi connectivity index (χ3n) is 4.28. The average molecular weight is 387 g/mol. The standard InChI is InChI=1S/C18H21N5O5/c1-10-13(8-15(24)28-4)16(25)23-18(20-10)21-17(22-23)19-9-11-7-12(26-2)5-6-14(11)27-3/h5-7H,8-9H2,1-4H3,(H2,19,20,21,22). The summed E-state index contributed by atoms with van der Waals surface area (Å²) < 4.78 is 16.4. The number of carbonyl (C=O) groups excluding carboxylic acids is 1. The quantitative estimate of drug-likeness (QED) is 0.578. The minimum Gasteiger partial charge on any atom is -0.497 e. The lowest BCUT2D eigenvalue weighted by molar-refractivity contribution is -0.139. The van der Waals surface area contributed by atoms with E-state index in [1.807, 2.05) is 12.1 Å². The number of benzene rings is 1. The lowest BCUT2D eigenvalue weighted by atomic mass is 10.2. The second kappa shape index (κ2) is 7.99. The summed E-state index contributed by atoms with van der Waals surface area (Å²) >= 11 is 0. The van der Waals surface area contributed by atoms with Crippen molar-refractivity contribution in [1.29, 1.82) is 0 Å². The van der Waals surface area contributed by atoms with Gasteiger partial charge in [0, 0.05) is 12.1 Å². The van der Waals surface area contributed by atoms with Crippen LogP contribution in [0.25, 0.3) is 5.78 Å². The summed E-state index contributed by atoms with van der Waals surface area (Å²) in [6, 6.07) is 5.46. The number of nitrogens with one attached hydrogen (secondary N) is 2. The molecule has 0 aliphatic carbocycles. The van der Waals surface area contributed by atoms with Gasteiger partial charge in [-0.25, -0.2) is 4.98 Å². The fraction of sp³-hybridized carbons (Fsp3) is 0.333. The van der Waals surface area contributed by atoms with Crippen LogP contribution in [0, 0.1) is 6.92 Å². The van der Waals surface area contributed by atoms with Gasteiger partial charge in [0.25, 0.3) is 11.3 Å². The number of methoxy groups -OCH3 is 3. The predicted molar refractivity (Wildman–Crippen MR) is 101 cm³/mol. The molecule has 0 unspecified atom stereocenters. The van der Waals surface area contributed by atoms with Crippen LogP contribution in [-0.4, -0.2) is 46.9 Å². The van der Waals surface area contributed by atoms with Crippen LogP contribution in [0.2, 0.25) is 0 Å².